The molecule has 5 heteroatoms. The summed E-state index contributed by atoms with van der Waals surface area (Å²) in [4.78, 5) is 15.1. The highest BCUT2D eigenvalue weighted by atomic mass is 35.5. The van der Waals surface area contributed by atoms with Crippen LogP contribution in [0.1, 0.15) is 16.1 Å². The summed E-state index contributed by atoms with van der Waals surface area (Å²) < 4.78 is 5.55. The average molecular weight is 264 g/mol. The number of hydrogen-bond donors (Lipinski definition) is 1. The van der Waals surface area contributed by atoms with E-state index in [2.05, 4.69) is 4.98 Å². The van der Waals surface area contributed by atoms with Crippen molar-refractivity contribution in [2.75, 3.05) is 0 Å². The third-order valence-electron chi connectivity index (χ3n) is 2.35. The van der Waals surface area contributed by atoms with E-state index in [-0.39, 0.29) is 11.3 Å². The Kier molecular flexibility index (Phi) is 3.48. The van der Waals surface area contributed by atoms with Gasteiger partial charge < -0.3 is 9.84 Å². The Morgan fingerprint density at radius 3 is 2.78 bits per heavy atom. The van der Waals surface area contributed by atoms with Gasteiger partial charge in [0.1, 0.15) is 17.1 Å². The first-order valence-electron chi connectivity index (χ1n) is 5.20. The topological polar surface area (TPSA) is 59.4 Å². The molecule has 0 radical (unpaired) electrons. The van der Waals surface area contributed by atoms with E-state index in [1.165, 1.54) is 18.2 Å². The van der Waals surface area contributed by atoms with Crippen LogP contribution in [0.4, 0.5) is 0 Å². The highest BCUT2D eigenvalue weighted by molar-refractivity contribution is 6.30. The molecule has 1 heterocycles. The van der Waals surface area contributed by atoms with Gasteiger partial charge in [-0.25, -0.2) is 4.79 Å². The first-order valence-corrected chi connectivity index (χ1v) is 5.58. The number of pyridine rings is 1. The van der Waals surface area contributed by atoms with Crippen molar-refractivity contribution in [1.82, 2.24) is 4.98 Å². The first-order chi connectivity index (χ1) is 8.58. The van der Waals surface area contributed by atoms with Crippen LogP contribution in [-0.2, 0) is 0 Å². The van der Waals surface area contributed by atoms with Crippen LogP contribution in [0.15, 0.2) is 36.5 Å². The van der Waals surface area contributed by atoms with Crippen molar-refractivity contribution < 1.29 is 14.6 Å². The van der Waals surface area contributed by atoms with Gasteiger partial charge in [0.2, 0.25) is 0 Å². The molecule has 1 aromatic carbocycles. The third-order valence-corrected chi connectivity index (χ3v) is 2.59. The Labute approximate surface area is 109 Å². The Balaban J connectivity index is 2.42. The van der Waals surface area contributed by atoms with Gasteiger partial charge >= 0.3 is 5.97 Å². The Bertz CT molecular complexity index is 599. The molecule has 0 atom stereocenters. The Morgan fingerprint density at radius 2 is 2.11 bits per heavy atom. The fraction of sp³-hybridized carbons (Fsp3) is 0.0769. The van der Waals surface area contributed by atoms with Crippen molar-refractivity contribution in [2.24, 2.45) is 0 Å². The summed E-state index contributed by atoms with van der Waals surface area (Å²) >= 11 is 5.84. The lowest BCUT2D eigenvalue weighted by Crippen LogP contribution is -2.00. The summed E-state index contributed by atoms with van der Waals surface area (Å²) in [5.74, 6) is -0.364. The fourth-order valence-electron chi connectivity index (χ4n) is 1.45. The van der Waals surface area contributed by atoms with E-state index in [4.69, 9.17) is 21.4 Å². The van der Waals surface area contributed by atoms with E-state index in [0.717, 1.165) is 0 Å². The summed E-state index contributed by atoms with van der Waals surface area (Å²) in [5.41, 5.74) is 0.733. The molecule has 0 bridgehead atoms. The summed E-state index contributed by atoms with van der Waals surface area (Å²) in [6, 6.07) is 7.82. The molecule has 2 aromatic rings. The van der Waals surface area contributed by atoms with Gasteiger partial charge in [0, 0.05) is 17.3 Å². The molecule has 2 rings (SSSR count). The van der Waals surface area contributed by atoms with Crippen LogP contribution in [0.2, 0.25) is 5.02 Å². The van der Waals surface area contributed by atoms with Gasteiger partial charge in [0.15, 0.2) is 0 Å². The smallest absolute Gasteiger partial charge is 0.339 e. The maximum absolute atomic E-state index is 11.1. The number of ether oxygens (including phenoxy) is 1. The van der Waals surface area contributed by atoms with Crippen LogP contribution in [0.3, 0.4) is 0 Å². The molecule has 4 nitrogen and oxygen atoms in total. The lowest BCUT2D eigenvalue weighted by Gasteiger charge is -2.10. The van der Waals surface area contributed by atoms with E-state index in [0.29, 0.717) is 16.5 Å². The lowest BCUT2D eigenvalue weighted by atomic mass is 10.2. The molecule has 0 aliphatic heterocycles. The molecule has 0 fully saturated rings. The zero-order valence-corrected chi connectivity index (χ0v) is 10.3. The van der Waals surface area contributed by atoms with E-state index < -0.39 is 5.97 Å². The van der Waals surface area contributed by atoms with Gasteiger partial charge in [-0.15, -0.1) is 0 Å². The number of nitrogens with zero attached hydrogens (tertiary/aromatic N) is 1. The van der Waals surface area contributed by atoms with Gasteiger partial charge in [-0.1, -0.05) is 11.6 Å². The standard InChI is InChI=1S/C13H10ClNO3/c1-8-11(3-2-6-15-8)18-12-7-9(14)4-5-10(12)13(16)17/h2-7H,1H3,(H,16,17). The van der Waals surface area contributed by atoms with Crippen LogP contribution in [0.5, 0.6) is 11.5 Å². The van der Waals surface area contributed by atoms with Crippen LogP contribution in [-0.4, -0.2) is 16.1 Å². The molecule has 92 valence electrons. The van der Waals surface area contributed by atoms with Gasteiger partial charge in [-0.2, -0.15) is 0 Å². The van der Waals surface area contributed by atoms with Crippen molar-refractivity contribution in [3.63, 3.8) is 0 Å². The molecule has 0 spiro atoms. The molecule has 0 saturated carbocycles. The number of carboxylic acids is 1. The second-order valence-corrected chi connectivity index (χ2v) is 4.07. The third kappa shape index (κ3) is 2.60. The second kappa shape index (κ2) is 5.06. The number of aromatic carboxylic acids is 1. The summed E-state index contributed by atoms with van der Waals surface area (Å²) in [5, 5.41) is 9.48. The van der Waals surface area contributed by atoms with Gasteiger partial charge in [0.25, 0.3) is 0 Å². The normalized spacial score (nSPS) is 10.1. The molecule has 0 aliphatic carbocycles. The molecule has 1 N–H and O–H groups in total. The number of halogens is 1. The molecule has 18 heavy (non-hydrogen) atoms. The molecule has 1 aromatic heterocycles. The molecular formula is C13H10ClNO3. The van der Waals surface area contributed by atoms with E-state index in [1.807, 2.05) is 0 Å². The van der Waals surface area contributed by atoms with Gasteiger partial charge in [-0.3, -0.25) is 4.98 Å². The SMILES string of the molecule is Cc1ncccc1Oc1cc(Cl)ccc1C(=O)O. The fourth-order valence-corrected chi connectivity index (χ4v) is 1.62. The first kappa shape index (κ1) is 12.4. The van der Waals surface area contributed by atoms with E-state index >= 15 is 0 Å². The minimum atomic E-state index is -1.07. The van der Waals surface area contributed by atoms with Crippen molar-refractivity contribution in [3.05, 3.63) is 52.8 Å². The number of benzene rings is 1. The van der Waals surface area contributed by atoms with Crippen molar-refractivity contribution in [2.45, 2.75) is 6.92 Å². The van der Waals surface area contributed by atoms with Crippen LogP contribution in [0, 0.1) is 6.92 Å². The zero-order valence-electron chi connectivity index (χ0n) is 9.55. The minimum absolute atomic E-state index is 0.0580. The predicted octanol–water partition coefficient (Wildman–Crippen LogP) is 3.53. The van der Waals surface area contributed by atoms with E-state index in [9.17, 15) is 4.79 Å². The van der Waals surface area contributed by atoms with Gasteiger partial charge in [0.05, 0.1) is 5.69 Å². The molecule has 0 aliphatic rings. The van der Waals surface area contributed by atoms with Crippen LogP contribution < -0.4 is 4.74 Å². The Morgan fingerprint density at radius 1 is 1.33 bits per heavy atom. The van der Waals surface area contributed by atoms with Crippen LogP contribution in [0.25, 0.3) is 0 Å². The van der Waals surface area contributed by atoms with Crippen molar-refractivity contribution in [1.29, 1.82) is 0 Å². The van der Waals surface area contributed by atoms with Crippen molar-refractivity contribution in [3.8, 4) is 11.5 Å². The quantitative estimate of drug-likeness (QED) is 0.920. The molecular weight excluding hydrogens is 254 g/mol. The number of aromatic nitrogens is 1. The van der Waals surface area contributed by atoms with Crippen LogP contribution >= 0.6 is 11.6 Å². The number of carbonyl (C=O) groups is 1. The summed E-state index contributed by atoms with van der Waals surface area (Å²) in [7, 11) is 0. The van der Waals surface area contributed by atoms with Gasteiger partial charge in [-0.05, 0) is 31.2 Å². The highest BCUT2D eigenvalue weighted by Crippen LogP contribution is 2.29. The number of aryl methyl sites for hydroxylation is 1. The molecule has 0 unspecified atom stereocenters. The largest absolute Gasteiger partial charge is 0.478 e. The lowest BCUT2D eigenvalue weighted by molar-refractivity contribution is 0.0694. The molecule has 0 amide bonds. The number of carboxylic acid groups (broad SMARTS) is 1. The monoisotopic (exact) mass is 263 g/mol. The summed E-state index contributed by atoms with van der Waals surface area (Å²) in [6.45, 7) is 1.78. The van der Waals surface area contributed by atoms with Crippen molar-refractivity contribution >= 4 is 17.6 Å². The average Bonchev–Trinajstić information content (AvgIpc) is 2.32. The predicted molar refractivity (Wildman–Crippen MR) is 67.5 cm³/mol. The number of rotatable bonds is 3. The maximum atomic E-state index is 11.1. The zero-order chi connectivity index (χ0) is 13.1. The second-order valence-electron chi connectivity index (χ2n) is 3.63. The Hall–Kier alpha value is -2.07. The number of hydrogen-bond acceptors (Lipinski definition) is 3. The highest BCUT2D eigenvalue weighted by Gasteiger charge is 2.13. The minimum Gasteiger partial charge on any atom is -0.478 e. The summed E-state index contributed by atoms with van der Waals surface area (Å²) in [6.07, 6.45) is 1.64. The maximum Gasteiger partial charge on any atom is 0.339 e. The molecule has 0 saturated heterocycles. The van der Waals surface area contributed by atoms with E-state index in [1.54, 1.807) is 25.3 Å².